The molecule has 1 N–H and O–H groups in total. The number of thiazole rings is 1. The Morgan fingerprint density at radius 1 is 1.50 bits per heavy atom. The van der Waals surface area contributed by atoms with Crippen LogP contribution in [0.2, 0.25) is 0 Å². The van der Waals surface area contributed by atoms with Crippen LogP contribution in [0.25, 0.3) is 15.9 Å². The van der Waals surface area contributed by atoms with Gasteiger partial charge in [-0.3, -0.25) is 0 Å². The molecule has 98 valence electrons. The fourth-order valence-corrected chi connectivity index (χ4v) is 2.73. The molecule has 0 amide bonds. The van der Waals surface area contributed by atoms with Gasteiger partial charge in [0.1, 0.15) is 6.07 Å². The lowest BCUT2D eigenvalue weighted by Crippen LogP contribution is -2.03. The third kappa shape index (κ3) is 1.81. The molecule has 0 atom stereocenters. The number of nitriles is 1. The number of aromatic carboxylic acids is 1. The molecule has 0 spiro atoms. The molecule has 0 aliphatic heterocycles. The van der Waals surface area contributed by atoms with Gasteiger partial charge < -0.3 is 5.11 Å². The minimum Gasteiger partial charge on any atom is -0.476 e. The molecular formula is C12H7N5O2S. The molecule has 0 aliphatic carbocycles. The summed E-state index contributed by atoms with van der Waals surface area (Å²) in [6.07, 6.45) is 0. The Bertz CT molecular complexity index is 874. The summed E-state index contributed by atoms with van der Waals surface area (Å²) < 4.78 is 2.16. The first-order valence-corrected chi connectivity index (χ1v) is 6.38. The van der Waals surface area contributed by atoms with E-state index in [1.807, 2.05) is 13.0 Å². The highest BCUT2D eigenvalue weighted by Gasteiger charge is 2.20. The molecule has 0 saturated carbocycles. The largest absolute Gasteiger partial charge is 0.476 e. The molecule has 0 aliphatic rings. The molecule has 1 aromatic carbocycles. The van der Waals surface area contributed by atoms with Crippen LogP contribution in [-0.2, 0) is 0 Å². The van der Waals surface area contributed by atoms with E-state index in [1.54, 1.807) is 18.2 Å². The zero-order valence-corrected chi connectivity index (χ0v) is 11.0. The number of nitrogens with zero attached hydrogens (tertiary/aromatic N) is 5. The Morgan fingerprint density at radius 3 is 3.00 bits per heavy atom. The predicted molar refractivity (Wildman–Crippen MR) is 70.9 cm³/mol. The van der Waals surface area contributed by atoms with Crippen molar-refractivity contribution in [1.29, 1.82) is 5.26 Å². The predicted octanol–water partition coefficient (Wildman–Crippen LogP) is 1.76. The molecule has 3 aromatic rings. The number of benzene rings is 1. The van der Waals surface area contributed by atoms with Gasteiger partial charge in [-0.05, 0) is 25.1 Å². The fourth-order valence-electron chi connectivity index (χ4n) is 1.87. The summed E-state index contributed by atoms with van der Waals surface area (Å²) in [5, 5.41) is 26.2. The van der Waals surface area contributed by atoms with Gasteiger partial charge in [0.25, 0.3) is 0 Å². The Labute approximate surface area is 116 Å². The van der Waals surface area contributed by atoms with Crippen LogP contribution in [-0.4, -0.2) is 31.1 Å². The molecule has 20 heavy (non-hydrogen) atoms. The van der Waals surface area contributed by atoms with Crippen LogP contribution in [0.3, 0.4) is 0 Å². The van der Waals surface area contributed by atoms with Gasteiger partial charge in [0.15, 0.2) is 5.69 Å². The average Bonchev–Trinajstić information content (AvgIpc) is 2.98. The van der Waals surface area contributed by atoms with E-state index in [0.717, 1.165) is 15.2 Å². The monoisotopic (exact) mass is 285 g/mol. The van der Waals surface area contributed by atoms with Crippen LogP contribution < -0.4 is 0 Å². The molecule has 0 saturated heterocycles. The normalized spacial score (nSPS) is 10.6. The van der Waals surface area contributed by atoms with Crippen molar-refractivity contribution in [2.24, 2.45) is 0 Å². The lowest BCUT2D eigenvalue weighted by atomic mass is 10.2. The van der Waals surface area contributed by atoms with E-state index in [1.165, 1.54) is 16.0 Å². The summed E-state index contributed by atoms with van der Waals surface area (Å²) in [7, 11) is 0. The van der Waals surface area contributed by atoms with E-state index in [9.17, 15) is 4.79 Å². The van der Waals surface area contributed by atoms with Crippen LogP contribution in [0.15, 0.2) is 18.2 Å². The minimum absolute atomic E-state index is 0.0990. The molecule has 0 unspecified atom stereocenters. The van der Waals surface area contributed by atoms with Crippen molar-refractivity contribution < 1.29 is 9.90 Å². The third-order valence-corrected chi connectivity index (χ3v) is 3.64. The topological polar surface area (TPSA) is 105 Å². The van der Waals surface area contributed by atoms with Gasteiger partial charge in [-0.1, -0.05) is 5.21 Å². The SMILES string of the molecule is Cc1nc2ccc(-n3nnc(C(=O)O)c3C#N)cc2s1. The van der Waals surface area contributed by atoms with Gasteiger partial charge in [0, 0.05) is 0 Å². The number of fused-ring (bicyclic) bond motifs is 1. The maximum atomic E-state index is 11.0. The molecule has 2 heterocycles. The second kappa shape index (κ2) is 4.40. The van der Waals surface area contributed by atoms with Gasteiger partial charge in [-0.2, -0.15) is 5.26 Å². The smallest absolute Gasteiger partial charge is 0.359 e. The number of rotatable bonds is 2. The van der Waals surface area contributed by atoms with E-state index in [2.05, 4.69) is 15.3 Å². The van der Waals surface area contributed by atoms with Crippen LogP contribution in [0.4, 0.5) is 0 Å². The number of aromatic nitrogens is 4. The van der Waals surface area contributed by atoms with E-state index >= 15 is 0 Å². The van der Waals surface area contributed by atoms with Gasteiger partial charge >= 0.3 is 5.97 Å². The molecular weight excluding hydrogens is 278 g/mol. The zero-order chi connectivity index (χ0) is 14.3. The van der Waals surface area contributed by atoms with Crippen LogP contribution >= 0.6 is 11.3 Å². The minimum atomic E-state index is -1.28. The standard InChI is InChI=1S/C12H7N5O2S/c1-6-14-8-3-2-7(4-10(8)20-6)17-9(5-13)11(12(18)19)15-16-17/h2-4H,1H3,(H,18,19). The average molecular weight is 285 g/mol. The van der Waals surface area contributed by atoms with Gasteiger partial charge in [-0.15, -0.1) is 16.4 Å². The number of hydrogen-bond donors (Lipinski definition) is 1. The molecule has 0 fully saturated rings. The summed E-state index contributed by atoms with van der Waals surface area (Å²) in [4.78, 5) is 15.3. The highest BCUT2D eigenvalue weighted by atomic mass is 32.1. The van der Waals surface area contributed by atoms with E-state index < -0.39 is 5.97 Å². The number of carbonyl (C=O) groups is 1. The highest BCUT2D eigenvalue weighted by molar-refractivity contribution is 7.18. The molecule has 2 aromatic heterocycles. The fraction of sp³-hybridized carbons (Fsp3) is 0.0833. The zero-order valence-electron chi connectivity index (χ0n) is 10.2. The highest BCUT2D eigenvalue weighted by Crippen LogP contribution is 2.24. The molecule has 7 nitrogen and oxygen atoms in total. The summed E-state index contributed by atoms with van der Waals surface area (Å²) in [6, 6.07) is 7.16. The first-order valence-electron chi connectivity index (χ1n) is 5.57. The van der Waals surface area contributed by atoms with E-state index in [0.29, 0.717) is 5.69 Å². The summed E-state index contributed by atoms with van der Waals surface area (Å²) in [5.41, 5.74) is 0.984. The lowest BCUT2D eigenvalue weighted by Gasteiger charge is -2.01. The van der Waals surface area contributed by atoms with Gasteiger partial charge in [-0.25, -0.2) is 14.5 Å². The second-order valence-electron chi connectivity index (χ2n) is 4.00. The number of hydrogen-bond acceptors (Lipinski definition) is 6. The van der Waals surface area contributed by atoms with Crippen molar-refractivity contribution in [2.45, 2.75) is 6.92 Å². The molecule has 0 bridgehead atoms. The molecule has 3 rings (SSSR count). The number of carboxylic acid groups (broad SMARTS) is 1. The van der Waals surface area contributed by atoms with Crippen molar-refractivity contribution in [3.05, 3.63) is 34.6 Å². The second-order valence-corrected chi connectivity index (χ2v) is 5.24. The first kappa shape index (κ1) is 12.3. The lowest BCUT2D eigenvalue weighted by molar-refractivity contribution is 0.0690. The van der Waals surface area contributed by atoms with E-state index in [4.69, 9.17) is 10.4 Å². The summed E-state index contributed by atoms with van der Waals surface area (Å²) in [5.74, 6) is -1.28. The van der Waals surface area contributed by atoms with Crippen LogP contribution in [0.1, 0.15) is 21.2 Å². The van der Waals surface area contributed by atoms with Crippen LogP contribution in [0, 0.1) is 18.3 Å². The number of carboxylic acids is 1. The van der Waals surface area contributed by atoms with Crippen molar-refractivity contribution >= 4 is 27.5 Å². The Morgan fingerprint density at radius 2 is 2.30 bits per heavy atom. The maximum Gasteiger partial charge on any atom is 0.359 e. The van der Waals surface area contributed by atoms with Crippen molar-refractivity contribution in [3.63, 3.8) is 0 Å². The van der Waals surface area contributed by atoms with Crippen molar-refractivity contribution in [1.82, 2.24) is 20.0 Å². The van der Waals surface area contributed by atoms with Crippen molar-refractivity contribution in [2.75, 3.05) is 0 Å². The van der Waals surface area contributed by atoms with E-state index in [-0.39, 0.29) is 11.4 Å². The van der Waals surface area contributed by atoms with Gasteiger partial charge in [0.05, 0.1) is 20.9 Å². The quantitative estimate of drug-likeness (QED) is 0.769. The summed E-state index contributed by atoms with van der Waals surface area (Å²) in [6.45, 7) is 1.91. The third-order valence-electron chi connectivity index (χ3n) is 2.70. The summed E-state index contributed by atoms with van der Waals surface area (Å²) >= 11 is 1.52. The Hall–Kier alpha value is -2.79. The Kier molecular flexibility index (Phi) is 2.69. The van der Waals surface area contributed by atoms with Crippen LogP contribution in [0.5, 0.6) is 0 Å². The first-order chi connectivity index (χ1) is 9.60. The Balaban J connectivity index is 2.20. The number of aryl methyl sites for hydroxylation is 1. The molecule has 8 heteroatoms. The van der Waals surface area contributed by atoms with Crippen molar-refractivity contribution in [3.8, 4) is 11.8 Å². The molecule has 0 radical (unpaired) electrons. The maximum absolute atomic E-state index is 11.0. The van der Waals surface area contributed by atoms with Gasteiger partial charge in [0.2, 0.25) is 5.69 Å².